The molecule has 0 fully saturated rings. The molecule has 0 aliphatic heterocycles. The van der Waals surface area contributed by atoms with Crippen LogP contribution in [0.25, 0.3) is 0 Å². The highest BCUT2D eigenvalue weighted by Crippen LogP contribution is 2.11. The van der Waals surface area contributed by atoms with Crippen LogP contribution in [-0.4, -0.2) is 48.9 Å². The van der Waals surface area contributed by atoms with Crippen LogP contribution >= 0.6 is 23.2 Å². The van der Waals surface area contributed by atoms with Gasteiger partial charge in [0, 0.05) is 37.8 Å². The van der Waals surface area contributed by atoms with Crippen LogP contribution < -0.4 is 0 Å². The molecule has 0 unspecified atom stereocenters. The third kappa shape index (κ3) is 22.3. The highest BCUT2D eigenvalue weighted by molar-refractivity contribution is 6.18. The van der Waals surface area contributed by atoms with Crippen molar-refractivity contribution < 1.29 is 9.53 Å². The van der Waals surface area contributed by atoms with E-state index in [9.17, 15) is 4.79 Å². The number of ether oxygens (including phenoxy) is 1. The predicted molar refractivity (Wildman–Crippen MR) is 128 cm³/mol. The van der Waals surface area contributed by atoms with Crippen LogP contribution in [0.2, 0.25) is 0 Å². The van der Waals surface area contributed by atoms with E-state index in [0.717, 1.165) is 32.4 Å². The topological polar surface area (TPSA) is 29.5 Å². The number of nitrogens with zero attached hydrogens (tertiary/aromatic N) is 1. The first kappa shape index (κ1) is 28.8. The minimum Gasteiger partial charge on any atom is -0.464 e. The van der Waals surface area contributed by atoms with Crippen molar-refractivity contribution in [2.24, 2.45) is 0 Å². The molecule has 3 nitrogen and oxygen atoms in total. The van der Waals surface area contributed by atoms with Gasteiger partial charge >= 0.3 is 5.97 Å². The van der Waals surface area contributed by atoms with E-state index in [1.807, 2.05) is 0 Å². The molecule has 0 spiro atoms. The van der Waals surface area contributed by atoms with Gasteiger partial charge in [-0.3, -0.25) is 9.69 Å². The van der Waals surface area contributed by atoms with Gasteiger partial charge in [0.2, 0.25) is 0 Å². The van der Waals surface area contributed by atoms with Gasteiger partial charge in [0.15, 0.2) is 0 Å². The molecule has 0 bridgehead atoms. The quantitative estimate of drug-likeness (QED) is 0.0748. The summed E-state index contributed by atoms with van der Waals surface area (Å²) < 4.78 is 5.30. The van der Waals surface area contributed by atoms with E-state index < -0.39 is 0 Å². The number of alkyl halides is 2. The Morgan fingerprint density at radius 2 is 1.28 bits per heavy atom. The van der Waals surface area contributed by atoms with Gasteiger partial charge in [-0.1, -0.05) is 70.4 Å². The molecule has 0 aromatic rings. The number of hydrogen-bond acceptors (Lipinski definition) is 3. The predicted octanol–water partition coefficient (Wildman–Crippen LogP) is 7.35. The third-order valence-electron chi connectivity index (χ3n) is 5.11. The second-order valence-electron chi connectivity index (χ2n) is 7.77. The fourth-order valence-electron chi connectivity index (χ4n) is 3.28. The lowest BCUT2D eigenvalue weighted by atomic mass is 10.1. The van der Waals surface area contributed by atoms with Crippen molar-refractivity contribution in [2.75, 3.05) is 38.0 Å². The fraction of sp³-hybridized carbons (Fsp3) is 0.875. The zero-order valence-corrected chi connectivity index (χ0v) is 20.3. The molecule has 0 saturated carbocycles. The fourth-order valence-corrected chi connectivity index (χ4v) is 3.75. The van der Waals surface area contributed by atoms with Gasteiger partial charge in [-0.05, 0) is 32.1 Å². The van der Waals surface area contributed by atoms with Crippen molar-refractivity contribution in [1.82, 2.24) is 4.90 Å². The van der Waals surface area contributed by atoms with Crippen molar-refractivity contribution >= 4 is 29.2 Å². The molecule has 172 valence electrons. The standard InChI is InChI=1S/C24H45Cl2NO2/c1-2-3-4-5-6-7-8-9-10-11-12-13-14-15-16-17-24(28)29-23-22-27(20-18-25)21-19-26/h12-13H,2-11,14-23H2,1H3/b13-12-. The highest BCUT2D eigenvalue weighted by atomic mass is 35.5. The van der Waals surface area contributed by atoms with Crippen LogP contribution in [0, 0.1) is 0 Å². The summed E-state index contributed by atoms with van der Waals surface area (Å²) in [7, 11) is 0. The molecule has 0 radical (unpaired) electrons. The average Bonchev–Trinajstić information content (AvgIpc) is 2.71. The van der Waals surface area contributed by atoms with Gasteiger partial charge in [0.05, 0.1) is 0 Å². The first-order chi connectivity index (χ1) is 14.2. The van der Waals surface area contributed by atoms with E-state index >= 15 is 0 Å². The van der Waals surface area contributed by atoms with Gasteiger partial charge < -0.3 is 4.74 Å². The monoisotopic (exact) mass is 449 g/mol. The van der Waals surface area contributed by atoms with Crippen LogP contribution in [0.4, 0.5) is 0 Å². The van der Waals surface area contributed by atoms with Crippen molar-refractivity contribution in [2.45, 2.75) is 96.8 Å². The summed E-state index contributed by atoms with van der Waals surface area (Å²) in [4.78, 5) is 13.9. The molecule has 5 heteroatoms. The van der Waals surface area contributed by atoms with E-state index in [1.165, 1.54) is 64.2 Å². The Morgan fingerprint density at radius 1 is 0.759 bits per heavy atom. The molecule has 0 rings (SSSR count). The molecule has 0 aromatic carbocycles. The number of esters is 1. The Morgan fingerprint density at radius 3 is 1.83 bits per heavy atom. The Labute approximate surface area is 190 Å². The Kier molecular flexibility index (Phi) is 23.8. The van der Waals surface area contributed by atoms with Gasteiger partial charge in [-0.15, -0.1) is 23.2 Å². The minimum absolute atomic E-state index is 0.0969. The maximum Gasteiger partial charge on any atom is 0.305 e. The van der Waals surface area contributed by atoms with Gasteiger partial charge in [0.1, 0.15) is 6.61 Å². The van der Waals surface area contributed by atoms with Crippen LogP contribution in [0.1, 0.15) is 96.8 Å². The molecule has 0 heterocycles. The van der Waals surface area contributed by atoms with Crippen LogP contribution in [-0.2, 0) is 9.53 Å². The molecule has 0 N–H and O–H groups in total. The van der Waals surface area contributed by atoms with E-state index in [2.05, 4.69) is 24.0 Å². The minimum atomic E-state index is -0.0969. The van der Waals surface area contributed by atoms with Crippen molar-refractivity contribution in [3.63, 3.8) is 0 Å². The second kappa shape index (κ2) is 24.0. The van der Waals surface area contributed by atoms with Crippen LogP contribution in [0.5, 0.6) is 0 Å². The van der Waals surface area contributed by atoms with E-state index in [-0.39, 0.29) is 5.97 Å². The SMILES string of the molecule is CCCCCCCCCCC/C=C\CCCCC(=O)OCCN(CCCl)CCCl. The molecular formula is C24H45Cl2NO2. The zero-order chi connectivity index (χ0) is 21.4. The molecule has 0 aromatic heterocycles. The lowest BCUT2D eigenvalue weighted by molar-refractivity contribution is -0.144. The molecule has 0 amide bonds. The summed E-state index contributed by atoms with van der Waals surface area (Å²) in [6.07, 6.45) is 21.7. The Balaban J connectivity index is 3.38. The average molecular weight is 451 g/mol. The highest BCUT2D eigenvalue weighted by Gasteiger charge is 2.06. The summed E-state index contributed by atoms with van der Waals surface area (Å²) in [6, 6.07) is 0. The summed E-state index contributed by atoms with van der Waals surface area (Å²) in [5.74, 6) is 1.04. The lowest BCUT2D eigenvalue weighted by Crippen LogP contribution is -2.31. The summed E-state index contributed by atoms with van der Waals surface area (Å²) in [6.45, 7) is 4.94. The third-order valence-corrected chi connectivity index (χ3v) is 5.45. The van der Waals surface area contributed by atoms with Crippen molar-refractivity contribution in [3.8, 4) is 0 Å². The summed E-state index contributed by atoms with van der Waals surface area (Å²) in [5.41, 5.74) is 0. The number of unbranched alkanes of at least 4 members (excludes halogenated alkanes) is 11. The lowest BCUT2D eigenvalue weighted by Gasteiger charge is -2.19. The largest absolute Gasteiger partial charge is 0.464 e. The second-order valence-corrected chi connectivity index (χ2v) is 8.53. The molecular weight excluding hydrogens is 405 g/mol. The van der Waals surface area contributed by atoms with Crippen LogP contribution in [0.15, 0.2) is 12.2 Å². The van der Waals surface area contributed by atoms with Crippen molar-refractivity contribution in [3.05, 3.63) is 12.2 Å². The maximum absolute atomic E-state index is 11.8. The van der Waals surface area contributed by atoms with Gasteiger partial charge in [-0.25, -0.2) is 0 Å². The smallest absolute Gasteiger partial charge is 0.305 e. The molecule has 0 aliphatic rings. The first-order valence-corrected chi connectivity index (χ1v) is 13.0. The molecule has 29 heavy (non-hydrogen) atoms. The molecule has 0 saturated heterocycles. The maximum atomic E-state index is 11.8. The molecule has 0 aliphatic carbocycles. The Bertz CT molecular complexity index is 372. The number of carbonyl (C=O) groups excluding carboxylic acids is 1. The summed E-state index contributed by atoms with van der Waals surface area (Å²) in [5, 5.41) is 0. The van der Waals surface area contributed by atoms with Gasteiger partial charge in [-0.2, -0.15) is 0 Å². The molecule has 0 atom stereocenters. The van der Waals surface area contributed by atoms with Crippen molar-refractivity contribution in [1.29, 1.82) is 0 Å². The first-order valence-electron chi connectivity index (χ1n) is 11.9. The number of halogens is 2. The number of rotatable bonds is 22. The number of allylic oxidation sites excluding steroid dienone is 2. The number of carbonyl (C=O) groups is 1. The van der Waals surface area contributed by atoms with E-state index in [4.69, 9.17) is 27.9 Å². The number of hydrogen-bond donors (Lipinski definition) is 0. The van der Waals surface area contributed by atoms with Crippen LogP contribution in [0.3, 0.4) is 0 Å². The Hall–Kier alpha value is -0.250. The zero-order valence-electron chi connectivity index (χ0n) is 18.8. The van der Waals surface area contributed by atoms with E-state index in [1.54, 1.807) is 0 Å². The van der Waals surface area contributed by atoms with E-state index in [0.29, 0.717) is 31.3 Å². The summed E-state index contributed by atoms with van der Waals surface area (Å²) >= 11 is 11.5. The normalized spacial score (nSPS) is 11.6. The van der Waals surface area contributed by atoms with Gasteiger partial charge in [0.25, 0.3) is 0 Å².